The zero-order chi connectivity index (χ0) is 18.5. The normalized spacial score (nSPS) is 24.7. The topological polar surface area (TPSA) is 78.3 Å². The molecule has 6 nitrogen and oxygen atoms in total. The number of amides is 1. The molecule has 2 fully saturated rings. The predicted octanol–water partition coefficient (Wildman–Crippen LogP) is 3.40. The maximum atomic E-state index is 14.1. The Morgan fingerprint density at radius 2 is 2.04 bits per heavy atom. The molecule has 25 heavy (non-hydrogen) atoms. The summed E-state index contributed by atoms with van der Waals surface area (Å²) in [5, 5.41) is 11.0. The number of rotatable bonds is 3. The van der Waals surface area contributed by atoms with E-state index in [1.54, 1.807) is 11.9 Å². The van der Waals surface area contributed by atoms with E-state index in [2.05, 4.69) is 10.3 Å². The van der Waals surface area contributed by atoms with Gasteiger partial charge in [0.1, 0.15) is 5.60 Å². The molecule has 0 aromatic carbocycles. The van der Waals surface area contributed by atoms with Crippen LogP contribution in [0.3, 0.4) is 0 Å². The Morgan fingerprint density at radius 1 is 1.44 bits per heavy atom. The van der Waals surface area contributed by atoms with Crippen LogP contribution in [0.5, 0.6) is 0 Å². The second kappa shape index (κ2) is 6.12. The van der Waals surface area contributed by atoms with Crippen molar-refractivity contribution >= 4 is 29.1 Å². The van der Waals surface area contributed by atoms with Crippen molar-refractivity contribution in [1.29, 1.82) is 5.41 Å². The fraction of sp³-hybridized carbons (Fsp3) is 0.588. The van der Waals surface area contributed by atoms with Gasteiger partial charge in [0.05, 0.1) is 5.69 Å². The van der Waals surface area contributed by atoms with Gasteiger partial charge in [-0.05, 0) is 32.6 Å². The number of hydrogen-bond acceptors (Lipinski definition) is 5. The summed E-state index contributed by atoms with van der Waals surface area (Å²) in [4.78, 5) is 17.6. The molecule has 2 aliphatic rings. The van der Waals surface area contributed by atoms with Crippen LogP contribution < -0.4 is 5.32 Å². The minimum absolute atomic E-state index is 0.00756. The molecule has 1 aliphatic heterocycles. The molecule has 136 valence electrons. The van der Waals surface area contributed by atoms with Crippen molar-refractivity contribution in [2.75, 3.05) is 25.5 Å². The van der Waals surface area contributed by atoms with Crippen LogP contribution in [0.2, 0.25) is 5.15 Å². The highest BCUT2D eigenvalue weighted by molar-refractivity contribution is 6.30. The number of aromatic nitrogens is 1. The summed E-state index contributed by atoms with van der Waals surface area (Å²) in [6.45, 7) is 6.63. The molecule has 1 aromatic heterocycles. The minimum atomic E-state index is -0.646. The van der Waals surface area contributed by atoms with E-state index in [0.29, 0.717) is 24.4 Å². The quantitative estimate of drug-likeness (QED) is 0.633. The number of fused-ring (bicyclic) bond motifs is 1. The molecular weight excluding hydrogens is 347 g/mol. The van der Waals surface area contributed by atoms with Gasteiger partial charge < -0.3 is 20.4 Å². The van der Waals surface area contributed by atoms with Crippen LogP contribution in [0.15, 0.2) is 6.20 Å². The number of anilines is 1. The molecule has 0 bridgehead atoms. The number of nitrogens with zero attached hydrogens (tertiary/aromatic N) is 2. The fourth-order valence-corrected chi connectivity index (χ4v) is 3.67. The fourth-order valence-electron chi connectivity index (χ4n) is 3.52. The number of carbonyl (C=O) groups is 1. The van der Waals surface area contributed by atoms with Crippen molar-refractivity contribution in [2.45, 2.75) is 26.4 Å². The van der Waals surface area contributed by atoms with Crippen molar-refractivity contribution in [3.63, 3.8) is 0 Å². The van der Waals surface area contributed by atoms with E-state index in [9.17, 15) is 9.18 Å². The molecule has 1 saturated carbocycles. The van der Waals surface area contributed by atoms with Crippen LogP contribution in [-0.4, -0.2) is 47.4 Å². The number of carbonyl (C=O) groups excluding carboxylic acids is 1. The lowest BCUT2D eigenvalue weighted by Crippen LogP contribution is -2.37. The lowest BCUT2D eigenvalue weighted by molar-refractivity contribution is 0.0270. The number of halogens is 2. The van der Waals surface area contributed by atoms with Crippen molar-refractivity contribution in [3.8, 4) is 0 Å². The van der Waals surface area contributed by atoms with Crippen LogP contribution in [0, 0.1) is 29.0 Å². The molecule has 2 atom stereocenters. The summed E-state index contributed by atoms with van der Waals surface area (Å²) in [5.74, 6) is -0.215. The smallest absolute Gasteiger partial charge is 0.410 e. The molecule has 0 spiro atoms. The molecule has 0 radical (unpaired) electrons. The first kappa shape index (κ1) is 17.9. The van der Waals surface area contributed by atoms with Gasteiger partial charge in [0.2, 0.25) is 0 Å². The molecule has 3 rings (SSSR count). The molecule has 1 aliphatic carbocycles. The van der Waals surface area contributed by atoms with Crippen LogP contribution >= 0.6 is 11.6 Å². The summed E-state index contributed by atoms with van der Waals surface area (Å²) in [6.07, 6.45) is 1.11. The molecule has 2 unspecified atom stereocenters. The van der Waals surface area contributed by atoms with E-state index in [1.165, 1.54) is 6.20 Å². The van der Waals surface area contributed by atoms with Crippen molar-refractivity contribution in [3.05, 3.63) is 22.7 Å². The average Bonchev–Trinajstić information content (AvgIpc) is 3.01. The SMILES string of the molecule is CNc1c(C(=N)C2C3CN(C(=O)OC(C)(C)C)CC32)cnc(Cl)c1F. The van der Waals surface area contributed by atoms with Crippen LogP contribution in [0.1, 0.15) is 26.3 Å². The van der Waals surface area contributed by atoms with E-state index in [0.717, 1.165) is 0 Å². The number of hydrogen-bond donors (Lipinski definition) is 2. The summed E-state index contributed by atoms with van der Waals surface area (Å²) >= 11 is 5.71. The third-order valence-electron chi connectivity index (χ3n) is 4.70. The number of likely N-dealkylation sites (tertiary alicyclic amines) is 1. The van der Waals surface area contributed by atoms with Crippen molar-refractivity contribution in [1.82, 2.24) is 9.88 Å². The highest BCUT2D eigenvalue weighted by Gasteiger charge is 2.59. The van der Waals surface area contributed by atoms with Gasteiger partial charge in [0, 0.05) is 43.5 Å². The summed E-state index contributed by atoms with van der Waals surface area (Å²) in [5.41, 5.74) is 0.433. The maximum absolute atomic E-state index is 14.1. The minimum Gasteiger partial charge on any atom is -0.444 e. The van der Waals surface area contributed by atoms with Gasteiger partial charge in [0.15, 0.2) is 11.0 Å². The van der Waals surface area contributed by atoms with Gasteiger partial charge in [-0.2, -0.15) is 0 Å². The molecule has 2 N–H and O–H groups in total. The Balaban J connectivity index is 1.68. The van der Waals surface area contributed by atoms with Gasteiger partial charge in [0.25, 0.3) is 0 Å². The van der Waals surface area contributed by atoms with Crippen LogP contribution in [0.25, 0.3) is 0 Å². The van der Waals surface area contributed by atoms with Gasteiger partial charge in [-0.1, -0.05) is 11.6 Å². The van der Waals surface area contributed by atoms with E-state index in [4.69, 9.17) is 21.7 Å². The largest absolute Gasteiger partial charge is 0.444 e. The summed E-state index contributed by atoms with van der Waals surface area (Å²) in [6, 6.07) is 0. The average molecular weight is 369 g/mol. The van der Waals surface area contributed by atoms with Gasteiger partial charge in [-0.25, -0.2) is 14.2 Å². The highest BCUT2D eigenvalue weighted by atomic mass is 35.5. The van der Waals surface area contributed by atoms with Crippen LogP contribution in [-0.2, 0) is 4.74 Å². The molecular formula is C17H22ClFN4O2. The summed E-state index contributed by atoms with van der Waals surface area (Å²) < 4.78 is 19.5. The first-order valence-electron chi connectivity index (χ1n) is 8.22. The molecule has 1 aromatic rings. The number of ether oxygens (including phenoxy) is 1. The Bertz CT molecular complexity index is 722. The van der Waals surface area contributed by atoms with E-state index in [-0.39, 0.29) is 34.7 Å². The van der Waals surface area contributed by atoms with Crippen LogP contribution in [0.4, 0.5) is 14.9 Å². The molecule has 1 amide bonds. The van der Waals surface area contributed by atoms with Crippen molar-refractivity contribution < 1.29 is 13.9 Å². The lowest BCUT2D eigenvalue weighted by Gasteiger charge is -2.26. The lowest BCUT2D eigenvalue weighted by atomic mass is 10.0. The Kier molecular flexibility index (Phi) is 4.39. The predicted molar refractivity (Wildman–Crippen MR) is 93.9 cm³/mol. The maximum Gasteiger partial charge on any atom is 0.410 e. The molecule has 8 heteroatoms. The number of piperidine rings is 1. The molecule has 2 heterocycles. The van der Waals surface area contributed by atoms with E-state index in [1.807, 2.05) is 20.8 Å². The zero-order valence-corrected chi connectivity index (χ0v) is 15.4. The van der Waals surface area contributed by atoms with E-state index >= 15 is 0 Å². The van der Waals surface area contributed by atoms with Gasteiger partial charge in [-0.3, -0.25) is 0 Å². The highest BCUT2D eigenvalue weighted by Crippen LogP contribution is 2.53. The first-order valence-corrected chi connectivity index (χ1v) is 8.60. The second-order valence-corrected chi connectivity index (χ2v) is 7.91. The Hall–Kier alpha value is -1.89. The summed E-state index contributed by atoms with van der Waals surface area (Å²) in [7, 11) is 1.59. The van der Waals surface area contributed by atoms with Gasteiger partial charge >= 0.3 is 6.09 Å². The van der Waals surface area contributed by atoms with Crippen molar-refractivity contribution in [2.24, 2.45) is 17.8 Å². The number of nitrogens with one attached hydrogen (secondary N) is 2. The standard InChI is InChI=1S/C17H22ClFN4O2/c1-17(2,3)25-16(24)23-6-9-10(7-23)11(9)13(20)8-5-22-15(18)12(19)14(8)21-4/h5,9-11,20H,6-7H2,1-4H3,(H,21,22). The third-order valence-corrected chi connectivity index (χ3v) is 4.96. The van der Waals surface area contributed by atoms with E-state index < -0.39 is 11.4 Å². The third kappa shape index (κ3) is 3.29. The Morgan fingerprint density at radius 3 is 2.56 bits per heavy atom. The number of pyridine rings is 1. The zero-order valence-electron chi connectivity index (χ0n) is 14.7. The Labute approximate surface area is 151 Å². The molecule has 1 saturated heterocycles. The first-order chi connectivity index (χ1) is 11.6. The van der Waals surface area contributed by atoms with Gasteiger partial charge in [-0.15, -0.1) is 0 Å². The second-order valence-electron chi connectivity index (χ2n) is 7.55. The monoisotopic (exact) mass is 368 g/mol.